The average Bonchev–Trinajstić information content (AvgIpc) is 2.52. The van der Waals surface area contributed by atoms with Gasteiger partial charge in [0.05, 0.1) is 6.61 Å². The number of benzene rings is 2. The number of thioether (sulfide) groups is 1. The molecule has 0 saturated carbocycles. The highest BCUT2D eigenvalue weighted by Crippen LogP contribution is 2.32. The molecule has 2 aromatic rings. The maximum atomic E-state index is 6.35. The molecule has 2 rings (SSSR count). The molecule has 0 aromatic heterocycles. The standard InChI is InChI=1S/C17H20BrNOS/c1-2-11-20-16-9-5-3-7-13(16)15(19)12-21-17-10-6-4-8-14(17)18/h3-10,15H,2,11-12,19H2,1H3. The molecule has 0 radical (unpaired) electrons. The van der Waals surface area contributed by atoms with Crippen LogP contribution in [0, 0.1) is 0 Å². The fraction of sp³-hybridized carbons (Fsp3) is 0.294. The molecule has 2 aromatic carbocycles. The largest absolute Gasteiger partial charge is 0.493 e. The Morgan fingerprint density at radius 2 is 1.86 bits per heavy atom. The van der Waals surface area contributed by atoms with Crippen molar-refractivity contribution in [1.82, 2.24) is 0 Å². The Morgan fingerprint density at radius 3 is 2.62 bits per heavy atom. The lowest BCUT2D eigenvalue weighted by molar-refractivity contribution is 0.313. The predicted molar refractivity (Wildman–Crippen MR) is 94.0 cm³/mol. The molecule has 0 fully saturated rings. The molecule has 2 nitrogen and oxygen atoms in total. The van der Waals surface area contributed by atoms with Gasteiger partial charge < -0.3 is 10.5 Å². The molecule has 0 spiro atoms. The van der Waals surface area contributed by atoms with Gasteiger partial charge in [0.15, 0.2) is 0 Å². The van der Waals surface area contributed by atoms with E-state index in [-0.39, 0.29) is 6.04 Å². The van der Waals surface area contributed by atoms with E-state index in [1.807, 2.05) is 36.4 Å². The molecule has 0 saturated heterocycles. The van der Waals surface area contributed by atoms with Crippen molar-refractivity contribution in [2.24, 2.45) is 5.73 Å². The smallest absolute Gasteiger partial charge is 0.124 e. The van der Waals surface area contributed by atoms with Gasteiger partial charge >= 0.3 is 0 Å². The minimum Gasteiger partial charge on any atom is -0.493 e. The van der Waals surface area contributed by atoms with Crippen molar-refractivity contribution in [3.63, 3.8) is 0 Å². The zero-order chi connectivity index (χ0) is 15.1. The Bertz CT molecular complexity index is 576. The Balaban J connectivity index is 2.03. The van der Waals surface area contributed by atoms with Crippen LogP contribution >= 0.6 is 27.7 Å². The van der Waals surface area contributed by atoms with Gasteiger partial charge in [-0.05, 0) is 40.5 Å². The third kappa shape index (κ3) is 4.77. The van der Waals surface area contributed by atoms with Crippen molar-refractivity contribution in [3.8, 4) is 5.75 Å². The normalized spacial score (nSPS) is 12.1. The first-order valence-corrected chi connectivity index (χ1v) is 8.85. The summed E-state index contributed by atoms with van der Waals surface area (Å²) in [7, 11) is 0. The monoisotopic (exact) mass is 365 g/mol. The van der Waals surface area contributed by atoms with Crippen molar-refractivity contribution in [2.45, 2.75) is 24.3 Å². The number of para-hydroxylation sites is 1. The summed E-state index contributed by atoms with van der Waals surface area (Å²) in [6.07, 6.45) is 0.995. The van der Waals surface area contributed by atoms with Crippen molar-refractivity contribution in [3.05, 3.63) is 58.6 Å². The zero-order valence-corrected chi connectivity index (χ0v) is 14.5. The van der Waals surface area contributed by atoms with Gasteiger partial charge in [-0.3, -0.25) is 0 Å². The van der Waals surface area contributed by atoms with Crippen LogP contribution in [0.5, 0.6) is 5.75 Å². The Kier molecular flexibility index (Phi) is 6.61. The van der Waals surface area contributed by atoms with Crippen LogP contribution in [-0.2, 0) is 0 Å². The highest BCUT2D eigenvalue weighted by molar-refractivity contribution is 9.10. The minimum atomic E-state index is -0.0461. The highest BCUT2D eigenvalue weighted by Gasteiger charge is 2.13. The van der Waals surface area contributed by atoms with Crippen molar-refractivity contribution >= 4 is 27.7 Å². The van der Waals surface area contributed by atoms with Crippen molar-refractivity contribution in [2.75, 3.05) is 12.4 Å². The van der Waals surface area contributed by atoms with E-state index in [2.05, 4.69) is 35.0 Å². The number of rotatable bonds is 7. The Labute approximate surface area is 139 Å². The van der Waals surface area contributed by atoms with Crippen LogP contribution in [0.15, 0.2) is 57.9 Å². The molecule has 0 heterocycles. The molecule has 4 heteroatoms. The van der Waals surface area contributed by atoms with Crippen LogP contribution in [0.2, 0.25) is 0 Å². The van der Waals surface area contributed by atoms with Crippen LogP contribution in [-0.4, -0.2) is 12.4 Å². The zero-order valence-electron chi connectivity index (χ0n) is 12.1. The van der Waals surface area contributed by atoms with Crippen molar-refractivity contribution in [1.29, 1.82) is 0 Å². The van der Waals surface area contributed by atoms with Gasteiger partial charge in [-0.25, -0.2) is 0 Å². The summed E-state index contributed by atoms with van der Waals surface area (Å²) in [5, 5.41) is 0. The predicted octanol–water partition coefficient (Wildman–Crippen LogP) is 5.03. The molecule has 2 N–H and O–H groups in total. The topological polar surface area (TPSA) is 35.2 Å². The van der Waals surface area contributed by atoms with Crippen LogP contribution in [0.25, 0.3) is 0 Å². The summed E-state index contributed by atoms with van der Waals surface area (Å²) in [6.45, 7) is 2.83. The fourth-order valence-electron chi connectivity index (χ4n) is 1.96. The fourth-order valence-corrected chi connectivity index (χ4v) is 3.51. The van der Waals surface area contributed by atoms with E-state index >= 15 is 0 Å². The van der Waals surface area contributed by atoms with Crippen LogP contribution < -0.4 is 10.5 Å². The lowest BCUT2D eigenvalue weighted by Gasteiger charge is -2.17. The molecular weight excluding hydrogens is 346 g/mol. The molecule has 0 amide bonds. The second-order valence-corrected chi connectivity index (χ2v) is 6.65. The summed E-state index contributed by atoms with van der Waals surface area (Å²) in [5.41, 5.74) is 7.42. The molecule has 0 aliphatic carbocycles. The maximum absolute atomic E-state index is 6.35. The quantitative estimate of drug-likeness (QED) is 0.698. The second kappa shape index (κ2) is 8.47. The van der Waals surface area contributed by atoms with Crippen LogP contribution in [0.1, 0.15) is 24.9 Å². The lowest BCUT2D eigenvalue weighted by Crippen LogP contribution is -2.14. The van der Waals surface area contributed by atoms with E-state index in [9.17, 15) is 0 Å². The van der Waals surface area contributed by atoms with Gasteiger partial charge in [-0.2, -0.15) is 0 Å². The van der Waals surface area contributed by atoms with Gasteiger partial charge in [0.1, 0.15) is 5.75 Å². The maximum Gasteiger partial charge on any atom is 0.124 e. The summed E-state index contributed by atoms with van der Waals surface area (Å²) in [4.78, 5) is 1.21. The van der Waals surface area contributed by atoms with Crippen LogP contribution in [0.3, 0.4) is 0 Å². The molecule has 21 heavy (non-hydrogen) atoms. The van der Waals surface area contributed by atoms with E-state index in [1.54, 1.807) is 11.8 Å². The van der Waals surface area contributed by atoms with E-state index in [0.717, 1.165) is 34.6 Å². The summed E-state index contributed by atoms with van der Waals surface area (Å²) in [5.74, 6) is 1.72. The van der Waals surface area contributed by atoms with Gasteiger partial charge in [-0.15, -0.1) is 11.8 Å². The summed E-state index contributed by atoms with van der Waals surface area (Å²) in [6, 6.07) is 16.2. The molecule has 112 valence electrons. The molecule has 1 unspecified atom stereocenters. The third-order valence-corrected chi connectivity index (χ3v) is 5.18. The number of hydrogen-bond acceptors (Lipinski definition) is 3. The first kappa shape index (κ1) is 16.4. The SMILES string of the molecule is CCCOc1ccccc1C(N)CSc1ccccc1Br. The highest BCUT2D eigenvalue weighted by atomic mass is 79.9. The molecule has 0 bridgehead atoms. The third-order valence-electron chi connectivity index (χ3n) is 3.04. The average molecular weight is 366 g/mol. The van der Waals surface area contributed by atoms with E-state index in [4.69, 9.17) is 10.5 Å². The van der Waals surface area contributed by atoms with Crippen molar-refractivity contribution < 1.29 is 4.74 Å². The molecule has 1 atom stereocenters. The Hall–Kier alpha value is -0.970. The first-order chi connectivity index (χ1) is 10.2. The lowest BCUT2D eigenvalue weighted by atomic mass is 10.1. The number of halogens is 1. The number of hydrogen-bond donors (Lipinski definition) is 1. The van der Waals surface area contributed by atoms with Gasteiger partial charge in [0.2, 0.25) is 0 Å². The van der Waals surface area contributed by atoms with Gasteiger partial charge in [0, 0.05) is 26.7 Å². The van der Waals surface area contributed by atoms with E-state index in [1.165, 1.54) is 4.90 Å². The minimum absolute atomic E-state index is 0.0461. The summed E-state index contributed by atoms with van der Waals surface area (Å²) < 4.78 is 6.89. The second-order valence-electron chi connectivity index (χ2n) is 4.73. The molecular formula is C17H20BrNOS. The van der Waals surface area contributed by atoms with Gasteiger partial charge in [0.25, 0.3) is 0 Å². The van der Waals surface area contributed by atoms with E-state index in [0.29, 0.717) is 0 Å². The Morgan fingerprint density at radius 1 is 1.14 bits per heavy atom. The number of ether oxygens (including phenoxy) is 1. The molecule has 0 aliphatic heterocycles. The first-order valence-electron chi connectivity index (χ1n) is 7.07. The summed E-state index contributed by atoms with van der Waals surface area (Å²) >= 11 is 5.32. The van der Waals surface area contributed by atoms with Crippen LogP contribution in [0.4, 0.5) is 0 Å². The van der Waals surface area contributed by atoms with E-state index < -0.39 is 0 Å². The molecule has 0 aliphatic rings. The number of nitrogens with two attached hydrogens (primary N) is 1. The van der Waals surface area contributed by atoms with Gasteiger partial charge in [-0.1, -0.05) is 37.3 Å².